The van der Waals surface area contributed by atoms with Crippen LogP contribution in [0.5, 0.6) is 0 Å². The number of nitrogens with two attached hydrogens (primary N) is 1. The first-order valence-electron chi connectivity index (χ1n) is 14.8. The highest BCUT2D eigenvalue weighted by molar-refractivity contribution is 6.42. The molecule has 0 bridgehead atoms. The number of anilines is 1. The fourth-order valence-corrected chi connectivity index (χ4v) is 6.49. The summed E-state index contributed by atoms with van der Waals surface area (Å²) >= 11 is 12.2. The Balaban J connectivity index is 1.31. The molecule has 2 saturated heterocycles. The number of fused-ring (bicyclic) bond motifs is 2. The third-order valence-corrected chi connectivity index (χ3v) is 9.15. The van der Waals surface area contributed by atoms with E-state index in [-0.39, 0.29) is 44.4 Å². The van der Waals surface area contributed by atoms with E-state index in [0.717, 1.165) is 21.9 Å². The van der Waals surface area contributed by atoms with Crippen molar-refractivity contribution in [1.82, 2.24) is 25.1 Å². The molecule has 0 spiro atoms. The number of amides is 4. The van der Waals surface area contributed by atoms with Gasteiger partial charge in [0.15, 0.2) is 0 Å². The molecule has 2 aliphatic heterocycles. The van der Waals surface area contributed by atoms with E-state index in [0.29, 0.717) is 27.8 Å². The van der Waals surface area contributed by atoms with E-state index >= 15 is 0 Å². The van der Waals surface area contributed by atoms with Gasteiger partial charge in [-0.2, -0.15) is 10.3 Å². The van der Waals surface area contributed by atoms with E-state index in [2.05, 4.69) is 5.32 Å². The van der Waals surface area contributed by atoms with Crippen LogP contribution in [0.15, 0.2) is 84.9 Å². The van der Waals surface area contributed by atoms with Gasteiger partial charge in [0.2, 0.25) is 11.8 Å². The van der Waals surface area contributed by atoms with Crippen LogP contribution in [-0.2, 0) is 29.1 Å². The fourth-order valence-electron chi connectivity index (χ4n) is 6.17. The summed E-state index contributed by atoms with van der Waals surface area (Å²) in [5, 5.41) is 18.2. The lowest BCUT2D eigenvalue weighted by Gasteiger charge is -2.46. The van der Waals surface area contributed by atoms with E-state index in [1.54, 1.807) is 45.1 Å². The van der Waals surface area contributed by atoms with Crippen molar-refractivity contribution >= 4 is 57.5 Å². The second-order valence-corrected chi connectivity index (χ2v) is 12.1. The second kappa shape index (κ2) is 13.3. The Hall–Kier alpha value is -4.82. The summed E-state index contributed by atoms with van der Waals surface area (Å²) in [5.74, 6) is -0.490. The topological polar surface area (TPSA) is 126 Å². The molecular formula is C34H31Cl2N7O3. The summed E-state index contributed by atoms with van der Waals surface area (Å²) in [6, 6.07) is 26.9. The molecule has 2 fully saturated rings. The maximum absolute atomic E-state index is 14.2. The Morgan fingerprint density at radius 1 is 0.978 bits per heavy atom. The van der Waals surface area contributed by atoms with Gasteiger partial charge in [0, 0.05) is 25.2 Å². The lowest BCUT2D eigenvalue weighted by Crippen LogP contribution is -2.66. The third kappa shape index (κ3) is 6.30. The van der Waals surface area contributed by atoms with Gasteiger partial charge in [0.1, 0.15) is 18.8 Å². The molecule has 4 aromatic rings. The van der Waals surface area contributed by atoms with E-state index in [4.69, 9.17) is 28.9 Å². The highest BCUT2D eigenvalue weighted by Crippen LogP contribution is 2.31. The zero-order valence-corrected chi connectivity index (χ0v) is 26.3. The first-order valence-corrected chi connectivity index (χ1v) is 15.5. The molecule has 0 radical (unpaired) electrons. The summed E-state index contributed by atoms with van der Waals surface area (Å²) in [4.78, 5) is 44.7. The van der Waals surface area contributed by atoms with Gasteiger partial charge in [-0.3, -0.25) is 9.59 Å². The molecule has 0 aliphatic carbocycles. The van der Waals surface area contributed by atoms with E-state index in [1.807, 2.05) is 60.7 Å². The van der Waals surface area contributed by atoms with Gasteiger partial charge >= 0.3 is 6.03 Å². The zero-order chi connectivity index (χ0) is 32.4. The van der Waals surface area contributed by atoms with E-state index in [1.165, 1.54) is 5.01 Å². The number of hydrogen-bond donors (Lipinski definition) is 2. The van der Waals surface area contributed by atoms with Gasteiger partial charge < -0.3 is 20.9 Å². The number of hydrogen-bond acceptors (Lipinski definition) is 6. The average Bonchev–Trinajstić information content (AvgIpc) is 3.38. The van der Waals surface area contributed by atoms with Gasteiger partial charge in [-0.05, 0) is 51.7 Å². The normalized spacial score (nSPS) is 18.0. The number of urea groups is 1. The van der Waals surface area contributed by atoms with Crippen molar-refractivity contribution in [2.45, 2.75) is 31.7 Å². The Morgan fingerprint density at radius 3 is 2.48 bits per heavy atom. The number of nitrogens with one attached hydrogen (secondary N) is 1. The first-order chi connectivity index (χ1) is 22.2. The Labute approximate surface area is 276 Å². The van der Waals surface area contributed by atoms with Gasteiger partial charge in [-0.25, -0.2) is 9.80 Å². The van der Waals surface area contributed by atoms with Gasteiger partial charge in [-0.1, -0.05) is 83.9 Å². The Bertz CT molecular complexity index is 1840. The predicted octanol–water partition coefficient (Wildman–Crippen LogP) is 4.80. The van der Waals surface area contributed by atoms with Crippen molar-refractivity contribution in [3.8, 4) is 6.07 Å². The number of carbonyl (C=O) groups excluding carboxylic acids is 3. The maximum Gasteiger partial charge on any atom is 0.333 e. The zero-order valence-electron chi connectivity index (χ0n) is 24.8. The number of rotatable bonds is 8. The van der Waals surface area contributed by atoms with Crippen molar-refractivity contribution in [3.63, 3.8) is 0 Å². The molecule has 0 unspecified atom stereocenters. The quantitative estimate of drug-likeness (QED) is 0.207. The summed E-state index contributed by atoms with van der Waals surface area (Å²) in [6.07, 6.45) is -0.411. The third-order valence-electron chi connectivity index (χ3n) is 8.41. The lowest BCUT2D eigenvalue weighted by molar-refractivity contribution is -0.157. The van der Waals surface area contributed by atoms with Gasteiger partial charge in [0.25, 0.3) is 0 Å². The molecule has 46 heavy (non-hydrogen) atoms. The van der Waals surface area contributed by atoms with Crippen LogP contribution in [0.25, 0.3) is 10.8 Å². The van der Waals surface area contributed by atoms with Crippen LogP contribution in [0, 0.1) is 11.3 Å². The van der Waals surface area contributed by atoms with Crippen molar-refractivity contribution < 1.29 is 14.4 Å². The molecule has 4 aromatic carbocycles. The summed E-state index contributed by atoms with van der Waals surface area (Å²) in [7, 11) is 0. The molecule has 4 amide bonds. The van der Waals surface area contributed by atoms with Crippen LogP contribution in [0.2, 0.25) is 10.0 Å². The number of carbonyl (C=O) groups is 3. The average molecular weight is 657 g/mol. The fraction of sp³-hybridized carbons (Fsp3) is 0.235. The number of nitriles is 1. The maximum atomic E-state index is 14.2. The van der Waals surface area contributed by atoms with Gasteiger partial charge in [0.05, 0.1) is 29.2 Å². The monoisotopic (exact) mass is 655 g/mol. The Kier molecular flexibility index (Phi) is 8.99. The minimum absolute atomic E-state index is 0.124. The van der Waals surface area contributed by atoms with Crippen molar-refractivity contribution in [2.75, 3.05) is 25.4 Å². The molecule has 2 aliphatic rings. The van der Waals surface area contributed by atoms with Crippen LogP contribution in [-0.4, -0.2) is 69.5 Å². The molecule has 234 valence electrons. The van der Waals surface area contributed by atoms with Crippen LogP contribution < -0.4 is 11.1 Å². The van der Waals surface area contributed by atoms with E-state index < -0.39 is 18.2 Å². The van der Waals surface area contributed by atoms with Crippen LogP contribution in [0.1, 0.15) is 16.7 Å². The van der Waals surface area contributed by atoms with Crippen molar-refractivity contribution in [3.05, 3.63) is 112 Å². The lowest BCUT2D eigenvalue weighted by atomic mass is 9.99. The number of nitrogen functional groups attached to an aromatic ring is 1. The number of halogens is 2. The largest absolute Gasteiger partial charge is 0.399 e. The van der Waals surface area contributed by atoms with Crippen LogP contribution >= 0.6 is 23.2 Å². The number of hydrazine groups is 1. The molecule has 0 aromatic heterocycles. The van der Waals surface area contributed by atoms with Crippen molar-refractivity contribution in [1.29, 1.82) is 5.26 Å². The highest BCUT2D eigenvalue weighted by atomic mass is 35.5. The second-order valence-electron chi connectivity index (χ2n) is 11.3. The molecule has 2 atom stereocenters. The summed E-state index contributed by atoms with van der Waals surface area (Å²) in [6.45, 7) is 0.116. The van der Waals surface area contributed by atoms with E-state index in [9.17, 15) is 19.6 Å². The van der Waals surface area contributed by atoms with Gasteiger partial charge in [-0.15, -0.1) is 0 Å². The summed E-state index contributed by atoms with van der Waals surface area (Å²) < 4.78 is 0. The van der Waals surface area contributed by atoms with Crippen LogP contribution in [0.4, 0.5) is 10.5 Å². The molecule has 3 N–H and O–H groups in total. The molecular weight excluding hydrogens is 625 g/mol. The molecule has 10 nitrogen and oxygen atoms in total. The number of piperazine rings is 1. The minimum Gasteiger partial charge on any atom is -0.399 e. The predicted molar refractivity (Wildman–Crippen MR) is 176 cm³/mol. The molecule has 0 saturated carbocycles. The SMILES string of the molecule is N#CCN(C(=O)NCc1ccc(Cl)c(Cl)c1)N1CC(=O)N2[C@@H](Cc3ccc(N)cc3)C(=O)N(Cc3cccc4ccccc34)C[C@@H]21. The number of benzene rings is 4. The Morgan fingerprint density at radius 2 is 1.72 bits per heavy atom. The summed E-state index contributed by atoms with van der Waals surface area (Å²) in [5.41, 5.74) is 9.03. The molecule has 12 heteroatoms. The minimum atomic E-state index is -0.821. The smallest absolute Gasteiger partial charge is 0.333 e. The molecule has 2 heterocycles. The molecule has 6 rings (SSSR count). The standard InChI is InChI=1S/C34H31Cl2N7O3/c35-28-13-10-23(16-29(28)36)18-39-34(46)41(15-14-37)42-21-32(44)43-30(17-22-8-11-26(38)12-9-22)33(45)40(20-31(42)43)19-25-6-3-5-24-4-1-2-7-27(24)25/h1-13,16,30-31H,15,17-21,38H2,(H,39,46)/t30-,31+/m0/s1. The van der Waals surface area contributed by atoms with Crippen molar-refractivity contribution in [2.24, 2.45) is 0 Å². The number of nitrogens with zero attached hydrogens (tertiary/aromatic N) is 5. The first kappa shape index (κ1) is 31.2. The highest BCUT2D eigenvalue weighted by Gasteiger charge is 2.52. The van der Waals surface area contributed by atoms with Crippen LogP contribution in [0.3, 0.4) is 0 Å².